The second kappa shape index (κ2) is 5.17. The van der Waals surface area contributed by atoms with Crippen LogP contribution in [0.2, 0.25) is 0 Å². The van der Waals surface area contributed by atoms with E-state index in [2.05, 4.69) is 17.2 Å². The summed E-state index contributed by atoms with van der Waals surface area (Å²) in [5.41, 5.74) is 2.37. The van der Waals surface area contributed by atoms with Gasteiger partial charge in [0.2, 0.25) is 6.41 Å². The molecular formula is C13H19N3O. The molecular weight excluding hydrogens is 214 g/mol. The molecule has 2 rings (SSSR count). The number of aromatic nitrogens is 1. The third-order valence-corrected chi connectivity index (χ3v) is 3.45. The first kappa shape index (κ1) is 11.9. The van der Waals surface area contributed by atoms with Crippen molar-refractivity contribution in [3.8, 4) is 0 Å². The number of hydrogen-bond donors (Lipinski definition) is 1. The van der Waals surface area contributed by atoms with Gasteiger partial charge in [0.15, 0.2) is 0 Å². The minimum atomic E-state index is 0.208. The maximum Gasteiger partial charge on any atom is 0.210 e. The van der Waals surface area contributed by atoms with Gasteiger partial charge in [0, 0.05) is 19.8 Å². The zero-order valence-corrected chi connectivity index (χ0v) is 10.4. The second-order valence-electron chi connectivity index (χ2n) is 4.53. The number of aryl methyl sites for hydroxylation is 1. The maximum absolute atomic E-state index is 11.1. The number of pyridine rings is 1. The minimum Gasteiger partial charge on any atom is -0.373 e. The van der Waals surface area contributed by atoms with Gasteiger partial charge in [-0.1, -0.05) is 0 Å². The van der Waals surface area contributed by atoms with Gasteiger partial charge >= 0.3 is 0 Å². The lowest BCUT2D eigenvalue weighted by Gasteiger charge is -2.33. The highest BCUT2D eigenvalue weighted by Crippen LogP contribution is 2.31. The molecule has 0 radical (unpaired) electrons. The average molecular weight is 233 g/mol. The lowest BCUT2D eigenvalue weighted by molar-refractivity contribution is -0.121. The highest BCUT2D eigenvalue weighted by atomic mass is 16.1. The first-order valence-electron chi connectivity index (χ1n) is 6.11. The van der Waals surface area contributed by atoms with Crippen molar-refractivity contribution in [1.29, 1.82) is 0 Å². The van der Waals surface area contributed by atoms with Crippen LogP contribution in [-0.4, -0.2) is 29.9 Å². The monoisotopic (exact) mass is 233 g/mol. The van der Waals surface area contributed by atoms with Crippen LogP contribution in [-0.2, 0) is 4.79 Å². The Labute approximate surface area is 102 Å². The van der Waals surface area contributed by atoms with Crippen molar-refractivity contribution in [3.05, 3.63) is 23.4 Å². The van der Waals surface area contributed by atoms with Gasteiger partial charge in [-0.25, -0.2) is 4.98 Å². The van der Waals surface area contributed by atoms with Crippen LogP contribution < -0.4 is 5.32 Å². The molecule has 1 aromatic heterocycles. The number of hydrogen-bond acceptors (Lipinski definition) is 3. The molecule has 0 aromatic carbocycles. The van der Waals surface area contributed by atoms with Crippen molar-refractivity contribution in [2.75, 3.05) is 18.9 Å². The summed E-state index contributed by atoms with van der Waals surface area (Å²) >= 11 is 0. The van der Waals surface area contributed by atoms with E-state index >= 15 is 0 Å². The second-order valence-corrected chi connectivity index (χ2v) is 4.53. The van der Waals surface area contributed by atoms with Gasteiger partial charge in [-0.05, 0) is 43.4 Å². The summed E-state index contributed by atoms with van der Waals surface area (Å²) in [6, 6.07) is 2.24. The van der Waals surface area contributed by atoms with Gasteiger partial charge < -0.3 is 10.2 Å². The Bertz CT molecular complexity index is 406. The van der Waals surface area contributed by atoms with Crippen molar-refractivity contribution in [2.24, 2.45) is 0 Å². The highest BCUT2D eigenvalue weighted by molar-refractivity contribution is 5.50. The number of likely N-dealkylation sites (tertiary alicyclic amines) is 1. The van der Waals surface area contributed by atoms with E-state index in [-0.39, 0.29) is 6.04 Å². The van der Waals surface area contributed by atoms with E-state index in [0.29, 0.717) is 0 Å². The normalized spacial score (nSPS) is 20.1. The summed E-state index contributed by atoms with van der Waals surface area (Å²) in [6.45, 7) is 2.94. The number of amides is 1. The fraction of sp³-hybridized carbons (Fsp3) is 0.538. The standard InChI is InChI=1S/C13H19N3O/c1-10-7-13(14-2)15-8-11(10)12-5-3-4-6-16(12)9-17/h7-9,12H,3-6H2,1-2H3,(H,14,15). The highest BCUT2D eigenvalue weighted by Gasteiger charge is 2.24. The zero-order valence-electron chi connectivity index (χ0n) is 10.4. The molecule has 1 fully saturated rings. The number of carbonyl (C=O) groups is 1. The van der Waals surface area contributed by atoms with Gasteiger partial charge in [0.05, 0.1) is 6.04 Å². The van der Waals surface area contributed by atoms with Crippen LogP contribution in [0, 0.1) is 6.92 Å². The third kappa shape index (κ3) is 2.40. The van der Waals surface area contributed by atoms with Crippen LogP contribution in [0.3, 0.4) is 0 Å². The van der Waals surface area contributed by atoms with E-state index in [4.69, 9.17) is 0 Å². The van der Waals surface area contributed by atoms with E-state index < -0.39 is 0 Å². The smallest absolute Gasteiger partial charge is 0.210 e. The Kier molecular flexibility index (Phi) is 3.61. The molecule has 92 valence electrons. The summed E-state index contributed by atoms with van der Waals surface area (Å²) in [4.78, 5) is 17.3. The average Bonchev–Trinajstić information content (AvgIpc) is 2.38. The van der Waals surface area contributed by atoms with Gasteiger partial charge in [0.1, 0.15) is 5.82 Å². The fourth-order valence-corrected chi connectivity index (χ4v) is 2.47. The summed E-state index contributed by atoms with van der Waals surface area (Å²) in [5, 5.41) is 3.03. The van der Waals surface area contributed by atoms with E-state index in [1.54, 1.807) is 0 Å². The zero-order chi connectivity index (χ0) is 12.3. The van der Waals surface area contributed by atoms with Crippen molar-refractivity contribution < 1.29 is 4.79 Å². The van der Waals surface area contributed by atoms with Crippen molar-refractivity contribution >= 4 is 12.2 Å². The Morgan fingerprint density at radius 3 is 3.00 bits per heavy atom. The van der Waals surface area contributed by atoms with Crippen LogP contribution in [0.15, 0.2) is 12.3 Å². The van der Waals surface area contributed by atoms with Gasteiger partial charge in [0.25, 0.3) is 0 Å². The maximum atomic E-state index is 11.1. The molecule has 4 nitrogen and oxygen atoms in total. The largest absolute Gasteiger partial charge is 0.373 e. The molecule has 1 saturated heterocycles. The Hall–Kier alpha value is -1.58. The Balaban J connectivity index is 2.28. The number of nitrogens with one attached hydrogen (secondary N) is 1. The third-order valence-electron chi connectivity index (χ3n) is 3.45. The minimum absolute atomic E-state index is 0.208. The molecule has 1 N–H and O–H groups in total. The SMILES string of the molecule is CNc1cc(C)c(C2CCCCN2C=O)cn1. The molecule has 0 aliphatic carbocycles. The quantitative estimate of drug-likeness (QED) is 0.813. The number of nitrogens with zero attached hydrogens (tertiary/aromatic N) is 2. The molecule has 17 heavy (non-hydrogen) atoms. The van der Waals surface area contributed by atoms with E-state index in [1.807, 2.05) is 24.2 Å². The van der Waals surface area contributed by atoms with Crippen LogP contribution in [0.1, 0.15) is 36.4 Å². The molecule has 0 saturated carbocycles. The first-order chi connectivity index (χ1) is 8.26. The number of rotatable bonds is 3. The summed E-state index contributed by atoms with van der Waals surface area (Å²) in [5.74, 6) is 0.875. The summed E-state index contributed by atoms with van der Waals surface area (Å²) < 4.78 is 0. The van der Waals surface area contributed by atoms with Crippen molar-refractivity contribution in [2.45, 2.75) is 32.2 Å². The predicted molar refractivity (Wildman–Crippen MR) is 67.9 cm³/mol. The van der Waals surface area contributed by atoms with Gasteiger partial charge in [-0.15, -0.1) is 0 Å². The Morgan fingerprint density at radius 2 is 2.35 bits per heavy atom. The van der Waals surface area contributed by atoms with Gasteiger partial charge in [-0.3, -0.25) is 4.79 Å². The summed E-state index contributed by atoms with van der Waals surface area (Å²) in [7, 11) is 1.86. The number of carbonyl (C=O) groups excluding carboxylic acids is 1. The Morgan fingerprint density at radius 1 is 1.53 bits per heavy atom. The number of anilines is 1. The molecule has 2 heterocycles. The molecule has 1 aliphatic heterocycles. The van der Waals surface area contributed by atoms with E-state index in [0.717, 1.165) is 31.6 Å². The first-order valence-corrected chi connectivity index (χ1v) is 6.11. The van der Waals surface area contributed by atoms with Crippen LogP contribution in [0.4, 0.5) is 5.82 Å². The fourth-order valence-electron chi connectivity index (χ4n) is 2.47. The number of piperidine rings is 1. The van der Waals surface area contributed by atoms with Crippen molar-refractivity contribution in [3.63, 3.8) is 0 Å². The molecule has 1 unspecified atom stereocenters. The van der Waals surface area contributed by atoms with E-state index in [9.17, 15) is 4.79 Å². The molecule has 0 bridgehead atoms. The van der Waals surface area contributed by atoms with Crippen LogP contribution >= 0.6 is 0 Å². The molecule has 1 atom stereocenters. The lowest BCUT2D eigenvalue weighted by Crippen LogP contribution is -2.32. The molecule has 0 spiro atoms. The lowest BCUT2D eigenvalue weighted by atomic mass is 9.94. The van der Waals surface area contributed by atoms with E-state index in [1.165, 1.54) is 17.5 Å². The summed E-state index contributed by atoms with van der Waals surface area (Å²) in [6.07, 6.45) is 6.20. The van der Waals surface area contributed by atoms with Crippen LogP contribution in [0.5, 0.6) is 0 Å². The predicted octanol–water partition coefficient (Wildman–Crippen LogP) is 2.12. The van der Waals surface area contributed by atoms with Gasteiger partial charge in [-0.2, -0.15) is 0 Å². The molecule has 4 heteroatoms. The molecule has 1 aromatic rings. The topological polar surface area (TPSA) is 45.2 Å². The molecule has 1 amide bonds. The molecule has 1 aliphatic rings. The van der Waals surface area contributed by atoms with Crippen molar-refractivity contribution in [1.82, 2.24) is 9.88 Å². The van der Waals surface area contributed by atoms with Crippen LogP contribution in [0.25, 0.3) is 0 Å².